The van der Waals surface area contributed by atoms with Crippen LogP contribution in [0.5, 0.6) is 0 Å². The number of nitrogens with one attached hydrogen (secondary N) is 2. The van der Waals surface area contributed by atoms with Gasteiger partial charge in [0.2, 0.25) is 0 Å². The molecule has 1 aliphatic heterocycles. The van der Waals surface area contributed by atoms with E-state index < -0.39 is 0 Å². The average molecular weight is 287 g/mol. The number of urea groups is 1. The highest BCUT2D eigenvalue weighted by Crippen LogP contribution is 2.24. The molecule has 2 atom stereocenters. The number of amides is 2. The van der Waals surface area contributed by atoms with E-state index in [-0.39, 0.29) is 18.2 Å². The van der Waals surface area contributed by atoms with E-state index in [9.17, 15) is 4.79 Å². The van der Waals surface area contributed by atoms with Crippen molar-refractivity contribution < 1.29 is 9.53 Å². The van der Waals surface area contributed by atoms with Crippen LogP contribution in [0.15, 0.2) is 30.5 Å². The quantitative estimate of drug-likeness (QED) is 0.912. The van der Waals surface area contributed by atoms with Crippen LogP contribution in [0.1, 0.15) is 19.8 Å². The molecule has 1 saturated heterocycles. The van der Waals surface area contributed by atoms with Gasteiger partial charge in [-0.2, -0.15) is 0 Å². The lowest BCUT2D eigenvalue weighted by Crippen LogP contribution is -2.43. The maximum absolute atomic E-state index is 12.1. The summed E-state index contributed by atoms with van der Waals surface area (Å²) in [6.45, 7) is 2.78. The van der Waals surface area contributed by atoms with Crippen molar-refractivity contribution in [3.63, 3.8) is 0 Å². The molecule has 21 heavy (non-hydrogen) atoms. The number of nitrogens with zero attached hydrogens (tertiary/aromatic N) is 1. The first kappa shape index (κ1) is 13.9. The number of hydrogen-bond acceptors (Lipinski definition) is 2. The standard InChI is InChI=1S/C16H21N3O2/c1-11(15-7-4-10-21-15)17-16(20)18-13-5-3-6-14-12(13)8-9-19(14)2/h3,5-6,8-9,11,15H,4,7,10H2,1-2H3,(H2,17,18,20)/t11-,15+/m0/s1. The van der Waals surface area contributed by atoms with Gasteiger partial charge in [0.1, 0.15) is 0 Å². The molecule has 0 aliphatic carbocycles. The summed E-state index contributed by atoms with van der Waals surface area (Å²) in [6, 6.07) is 7.74. The summed E-state index contributed by atoms with van der Waals surface area (Å²) < 4.78 is 7.63. The van der Waals surface area contributed by atoms with Crippen LogP contribution in [0.3, 0.4) is 0 Å². The van der Waals surface area contributed by atoms with Crippen molar-refractivity contribution in [2.45, 2.75) is 31.9 Å². The summed E-state index contributed by atoms with van der Waals surface area (Å²) in [4.78, 5) is 12.1. The molecule has 2 heterocycles. The summed E-state index contributed by atoms with van der Waals surface area (Å²) in [5, 5.41) is 6.94. The van der Waals surface area contributed by atoms with Gasteiger partial charge in [0.25, 0.3) is 0 Å². The lowest BCUT2D eigenvalue weighted by Gasteiger charge is -2.20. The summed E-state index contributed by atoms with van der Waals surface area (Å²) in [6.07, 6.45) is 4.20. The summed E-state index contributed by atoms with van der Waals surface area (Å²) >= 11 is 0. The van der Waals surface area contributed by atoms with Crippen LogP contribution in [0.25, 0.3) is 10.9 Å². The molecule has 1 aliphatic rings. The third kappa shape index (κ3) is 2.88. The van der Waals surface area contributed by atoms with Gasteiger partial charge in [-0.3, -0.25) is 0 Å². The number of benzene rings is 1. The fourth-order valence-corrected chi connectivity index (χ4v) is 2.87. The molecule has 3 rings (SSSR count). The predicted octanol–water partition coefficient (Wildman–Crippen LogP) is 2.87. The van der Waals surface area contributed by atoms with E-state index in [1.165, 1.54) is 0 Å². The first-order valence-corrected chi connectivity index (χ1v) is 7.38. The molecule has 5 nitrogen and oxygen atoms in total. The largest absolute Gasteiger partial charge is 0.376 e. The molecule has 0 radical (unpaired) electrons. The van der Waals surface area contributed by atoms with E-state index >= 15 is 0 Å². The van der Waals surface area contributed by atoms with Crippen molar-refractivity contribution in [3.05, 3.63) is 30.5 Å². The fourth-order valence-electron chi connectivity index (χ4n) is 2.87. The van der Waals surface area contributed by atoms with Gasteiger partial charge in [0.15, 0.2) is 0 Å². The Morgan fingerprint density at radius 2 is 2.29 bits per heavy atom. The van der Waals surface area contributed by atoms with Crippen molar-refractivity contribution in [3.8, 4) is 0 Å². The lowest BCUT2D eigenvalue weighted by atomic mass is 10.1. The zero-order valence-corrected chi connectivity index (χ0v) is 12.4. The smallest absolute Gasteiger partial charge is 0.319 e. The normalized spacial score (nSPS) is 19.6. The molecule has 0 saturated carbocycles. The van der Waals surface area contributed by atoms with Crippen molar-refractivity contribution >= 4 is 22.6 Å². The van der Waals surface area contributed by atoms with Crippen LogP contribution in [0, 0.1) is 0 Å². The molecule has 2 N–H and O–H groups in total. The number of carbonyl (C=O) groups excluding carboxylic acids is 1. The monoisotopic (exact) mass is 287 g/mol. The number of aryl methyl sites for hydroxylation is 1. The van der Waals surface area contributed by atoms with Gasteiger partial charge in [-0.25, -0.2) is 4.79 Å². The highest BCUT2D eigenvalue weighted by Gasteiger charge is 2.23. The Morgan fingerprint density at radius 3 is 3.05 bits per heavy atom. The number of rotatable bonds is 3. The molecule has 2 amide bonds. The molecule has 112 valence electrons. The number of aromatic nitrogens is 1. The molecule has 0 unspecified atom stereocenters. The molecule has 2 aromatic rings. The molecule has 0 spiro atoms. The van der Waals surface area contributed by atoms with Crippen molar-refractivity contribution in [2.24, 2.45) is 7.05 Å². The zero-order chi connectivity index (χ0) is 14.8. The van der Waals surface area contributed by atoms with Gasteiger partial charge >= 0.3 is 6.03 Å². The van der Waals surface area contributed by atoms with E-state index in [1.54, 1.807) is 0 Å². The second-order valence-electron chi connectivity index (χ2n) is 5.60. The van der Waals surface area contributed by atoms with Crippen LogP contribution in [-0.2, 0) is 11.8 Å². The van der Waals surface area contributed by atoms with E-state index in [0.29, 0.717) is 0 Å². The Bertz CT molecular complexity index is 644. The third-order valence-electron chi connectivity index (χ3n) is 4.06. The number of hydrogen-bond donors (Lipinski definition) is 2. The summed E-state index contributed by atoms with van der Waals surface area (Å²) in [5.41, 5.74) is 1.92. The molecule has 0 bridgehead atoms. The Kier molecular flexibility index (Phi) is 3.84. The van der Waals surface area contributed by atoms with E-state index in [0.717, 1.165) is 36.0 Å². The number of carbonyl (C=O) groups is 1. The van der Waals surface area contributed by atoms with Gasteiger partial charge in [0.05, 0.1) is 17.8 Å². The summed E-state index contributed by atoms with van der Waals surface area (Å²) in [5.74, 6) is 0. The van der Waals surface area contributed by atoms with Gasteiger partial charge in [-0.15, -0.1) is 0 Å². The SMILES string of the molecule is C[C@H](NC(=O)Nc1cccc2c1ccn2C)[C@H]1CCCO1. The fraction of sp³-hybridized carbons (Fsp3) is 0.438. The molecule has 1 aromatic carbocycles. The zero-order valence-electron chi connectivity index (χ0n) is 12.4. The van der Waals surface area contributed by atoms with Crippen LogP contribution < -0.4 is 10.6 Å². The van der Waals surface area contributed by atoms with Crippen LogP contribution in [0.4, 0.5) is 10.5 Å². The van der Waals surface area contributed by atoms with Gasteiger partial charge in [0, 0.05) is 30.8 Å². The van der Waals surface area contributed by atoms with Crippen LogP contribution >= 0.6 is 0 Å². The average Bonchev–Trinajstić information content (AvgIpc) is 3.10. The minimum atomic E-state index is -0.186. The molecule has 1 fully saturated rings. The van der Waals surface area contributed by atoms with E-state index in [4.69, 9.17) is 4.74 Å². The number of anilines is 1. The highest BCUT2D eigenvalue weighted by atomic mass is 16.5. The summed E-state index contributed by atoms with van der Waals surface area (Å²) in [7, 11) is 1.99. The highest BCUT2D eigenvalue weighted by molar-refractivity contribution is 6.00. The van der Waals surface area contributed by atoms with Crippen molar-refractivity contribution in [2.75, 3.05) is 11.9 Å². The number of ether oxygens (including phenoxy) is 1. The Labute approximate surface area is 124 Å². The minimum absolute atomic E-state index is 0.0162. The van der Waals surface area contributed by atoms with Crippen LogP contribution in [-0.4, -0.2) is 29.4 Å². The molecular formula is C16H21N3O2. The van der Waals surface area contributed by atoms with E-state index in [1.807, 2.05) is 49.0 Å². The second kappa shape index (κ2) is 5.77. The maximum Gasteiger partial charge on any atom is 0.319 e. The van der Waals surface area contributed by atoms with Crippen molar-refractivity contribution in [1.29, 1.82) is 0 Å². The predicted molar refractivity (Wildman–Crippen MR) is 83.5 cm³/mol. The van der Waals surface area contributed by atoms with Gasteiger partial charge in [-0.1, -0.05) is 6.07 Å². The van der Waals surface area contributed by atoms with Crippen LogP contribution in [0.2, 0.25) is 0 Å². The first-order valence-electron chi connectivity index (χ1n) is 7.38. The molecule has 1 aromatic heterocycles. The molecular weight excluding hydrogens is 266 g/mol. The third-order valence-corrected chi connectivity index (χ3v) is 4.06. The van der Waals surface area contributed by atoms with Gasteiger partial charge in [-0.05, 0) is 38.0 Å². The minimum Gasteiger partial charge on any atom is -0.376 e. The topological polar surface area (TPSA) is 55.3 Å². The van der Waals surface area contributed by atoms with Crippen molar-refractivity contribution in [1.82, 2.24) is 9.88 Å². The Hall–Kier alpha value is -2.01. The number of fused-ring (bicyclic) bond motifs is 1. The Morgan fingerprint density at radius 1 is 1.43 bits per heavy atom. The second-order valence-corrected chi connectivity index (χ2v) is 5.60. The molecule has 5 heteroatoms. The van der Waals surface area contributed by atoms with E-state index in [2.05, 4.69) is 10.6 Å². The maximum atomic E-state index is 12.1. The lowest BCUT2D eigenvalue weighted by molar-refractivity contribution is 0.0868. The van der Waals surface area contributed by atoms with Gasteiger partial charge < -0.3 is 19.9 Å². The first-order chi connectivity index (χ1) is 10.1. The Balaban J connectivity index is 1.68.